The van der Waals surface area contributed by atoms with Crippen LogP contribution in [0.4, 0.5) is 9.59 Å². The lowest BCUT2D eigenvalue weighted by atomic mass is 9.94. The van der Waals surface area contributed by atoms with Crippen molar-refractivity contribution in [3.8, 4) is 0 Å². The molecule has 0 bridgehead atoms. The SMILES string of the molecule is CCOC(=O)N1CCc2cc(I)c(CCC(=O)O)cc2CC1.CCOC(=O)N1CCc2cc(I)c3c(c2CC1)C(=O)CC3. The Morgan fingerprint density at radius 1 is 0.744 bits per heavy atom. The molecule has 5 rings (SSSR count). The summed E-state index contributed by atoms with van der Waals surface area (Å²) in [7, 11) is 0. The van der Waals surface area contributed by atoms with Crippen molar-refractivity contribution in [1.82, 2.24) is 9.80 Å². The summed E-state index contributed by atoms with van der Waals surface area (Å²) in [6.07, 6.45) is 4.81. The summed E-state index contributed by atoms with van der Waals surface area (Å²) >= 11 is 4.59. The number of hydrogen-bond donors (Lipinski definition) is 1. The maximum atomic E-state index is 12.2. The molecule has 0 radical (unpaired) electrons. The Kier molecular flexibility index (Phi) is 12.1. The van der Waals surface area contributed by atoms with Crippen LogP contribution in [0, 0.1) is 7.14 Å². The molecule has 0 saturated heterocycles. The Morgan fingerprint density at radius 2 is 1.28 bits per heavy atom. The molecule has 0 fully saturated rings. The van der Waals surface area contributed by atoms with Crippen LogP contribution in [0.3, 0.4) is 0 Å². The molecule has 0 aromatic heterocycles. The minimum absolute atomic E-state index is 0.143. The van der Waals surface area contributed by atoms with Crippen LogP contribution in [0.25, 0.3) is 0 Å². The number of hydrogen-bond acceptors (Lipinski definition) is 6. The van der Waals surface area contributed by atoms with Crippen LogP contribution in [-0.4, -0.2) is 78.2 Å². The molecule has 2 aromatic carbocycles. The van der Waals surface area contributed by atoms with E-state index in [0.29, 0.717) is 52.2 Å². The fourth-order valence-corrected chi connectivity index (χ4v) is 7.60. The molecule has 3 aliphatic rings. The molecule has 43 heavy (non-hydrogen) atoms. The second kappa shape index (κ2) is 15.5. The standard InChI is InChI=1S/C16H20INO4.C16H18INO3/c1-2-22-16(21)18-7-5-11-9-13(3-4-15(19)20)14(17)10-12(11)6-8-18;1-2-21-16(20)18-7-5-10-9-13(17)12-3-4-14(19)15(12)11(10)6-8-18/h9-10H,2-8H2,1H3,(H,19,20);9H,2-8H2,1H3. The first-order chi connectivity index (χ1) is 20.6. The third-order valence-corrected chi connectivity index (χ3v) is 10.0. The number of ether oxygens (including phenoxy) is 2. The molecule has 0 unspecified atom stereocenters. The predicted molar refractivity (Wildman–Crippen MR) is 179 cm³/mol. The Balaban J connectivity index is 0.000000197. The van der Waals surface area contributed by atoms with Gasteiger partial charge in [0, 0.05) is 51.7 Å². The molecule has 2 aliphatic heterocycles. The van der Waals surface area contributed by atoms with E-state index in [2.05, 4.69) is 63.4 Å². The van der Waals surface area contributed by atoms with Gasteiger partial charge in [0.2, 0.25) is 0 Å². The van der Waals surface area contributed by atoms with Crippen LogP contribution in [0.2, 0.25) is 0 Å². The Morgan fingerprint density at radius 3 is 1.86 bits per heavy atom. The topological polar surface area (TPSA) is 113 Å². The van der Waals surface area contributed by atoms with Crippen molar-refractivity contribution >= 4 is 69.1 Å². The lowest BCUT2D eigenvalue weighted by Gasteiger charge is -2.19. The number of halogens is 2. The number of aliphatic carboxylic acids is 1. The van der Waals surface area contributed by atoms with Gasteiger partial charge in [-0.2, -0.15) is 0 Å². The van der Waals surface area contributed by atoms with Gasteiger partial charge in [-0.25, -0.2) is 9.59 Å². The second-order valence-corrected chi connectivity index (χ2v) is 13.1. The number of fused-ring (bicyclic) bond motifs is 4. The largest absolute Gasteiger partial charge is 0.481 e. The minimum atomic E-state index is -0.778. The highest BCUT2D eigenvalue weighted by molar-refractivity contribution is 14.1. The number of carboxylic acid groups (broad SMARTS) is 1. The molecule has 0 spiro atoms. The maximum absolute atomic E-state index is 12.2. The van der Waals surface area contributed by atoms with E-state index in [1.807, 2.05) is 13.8 Å². The van der Waals surface area contributed by atoms with Crippen LogP contribution in [0.15, 0.2) is 18.2 Å². The van der Waals surface area contributed by atoms with Crippen LogP contribution >= 0.6 is 45.2 Å². The highest BCUT2D eigenvalue weighted by Gasteiger charge is 2.29. The number of carbonyl (C=O) groups is 4. The minimum Gasteiger partial charge on any atom is -0.481 e. The maximum Gasteiger partial charge on any atom is 0.409 e. The van der Waals surface area contributed by atoms with Crippen molar-refractivity contribution in [2.45, 2.75) is 65.2 Å². The van der Waals surface area contributed by atoms with E-state index in [0.717, 1.165) is 46.8 Å². The van der Waals surface area contributed by atoms with Crippen molar-refractivity contribution in [2.75, 3.05) is 39.4 Å². The van der Waals surface area contributed by atoms with Crippen LogP contribution in [0.5, 0.6) is 0 Å². The molecule has 2 amide bonds. The van der Waals surface area contributed by atoms with E-state index in [1.54, 1.807) is 9.80 Å². The van der Waals surface area contributed by atoms with Gasteiger partial charge in [0.25, 0.3) is 0 Å². The van der Waals surface area contributed by atoms with Gasteiger partial charge < -0.3 is 24.4 Å². The van der Waals surface area contributed by atoms with Crippen molar-refractivity contribution in [2.24, 2.45) is 0 Å². The number of carbonyl (C=O) groups excluding carboxylic acids is 3. The van der Waals surface area contributed by atoms with Gasteiger partial charge in [-0.05, 0) is 143 Å². The van der Waals surface area contributed by atoms with Crippen LogP contribution in [0.1, 0.15) is 70.4 Å². The van der Waals surface area contributed by atoms with E-state index in [9.17, 15) is 19.2 Å². The van der Waals surface area contributed by atoms with Gasteiger partial charge in [-0.15, -0.1) is 0 Å². The number of Topliss-reactive ketones (excluding diaryl/α,β-unsaturated/α-hetero) is 1. The lowest BCUT2D eigenvalue weighted by molar-refractivity contribution is -0.136. The molecule has 9 nitrogen and oxygen atoms in total. The average Bonchev–Trinajstić information content (AvgIpc) is 3.11. The Hall–Kier alpha value is -2.42. The number of carboxylic acids is 1. The number of amides is 2. The summed E-state index contributed by atoms with van der Waals surface area (Å²) in [6.45, 7) is 7.01. The summed E-state index contributed by atoms with van der Waals surface area (Å²) in [6, 6.07) is 6.43. The smallest absolute Gasteiger partial charge is 0.409 e. The Labute approximate surface area is 279 Å². The highest BCUT2D eigenvalue weighted by Crippen LogP contribution is 2.34. The highest BCUT2D eigenvalue weighted by atomic mass is 127. The van der Waals surface area contributed by atoms with Gasteiger partial charge in [0.05, 0.1) is 13.2 Å². The zero-order chi connectivity index (χ0) is 31.1. The van der Waals surface area contributed by atoms with Crippen molar-refractivity contribution in [3.05, 3.63) is 64.3 Å². The second-order valence-electron chi connectivity index (χ2n) is 10.8. The van der Waals surface area contributed by atoms with E-state index in [1.165, 1.54) is 31.4 Å². The van der Waals surface area contributed by atoms with E-state index >= 15 is 0 Å². The third kappa shape index (κ3) is 8.40. The van der Waals surface area contributed by atoms with Crippen molar-refractivity contribution in [1.29, 1.82) is 0 Å². The lowest BCUT2D eigenvalue weighted by Crippen LogP contribution is -2.33. The monoisotopic (exact) mass is 816 g/mol. The average molecular weight is 816 g/mol. The number of ketones is 1. The third-order valence-electron chi connectivity index (χ3n) is 8.08. The summed E-state index contributed by atoms with van der Waals surface area (Å²) in [5.41, 5.74) is 8.08. The first kappa shape index (κ1) is 33.5. The van der Waals surface area contributed by atoms with Gasteiger partial charge in [0.15, 0.2) is 5.78 Å². The first-order valence-electron chi connectivity index (χ1n) is 14.8. The molecule has 1 N–H and O–H groups in total. The summed E-state index contributed by atoms with van der Waals surface area (Å²) in [5, 5.41) is 8.83. The van der Waals surface area contributed by atoms with Gasteiger partial charge in [0.1, 0.15) is 0 Å². The molecule has 1 aliphatic carbocycles. The predicted octanol–water partition coefficient (Wildman–Crippen LogP) is 5.84. The fourth-order valence-electron chi connectivity index (χ4n) is 5.88. The van der Waals surface area contributed by atoms with Gasteiger partial charge in [-0.3, -0.25) is 9.59 Å². The molecule has 232 valence electrons. The number of rotatable bonds is 5. The van der Waals surface area contributed by atoms with Crippen molar-refractivity contribution < 1.29 is 33.8 Å². The van der Waals surface area contributed by atoms with Crippen LogP contribution < -0.4 is 0 Å². The zero-order valence-electron chi connectivity index (χ0n) is 24.7. The van der Waals surface area contributed by atoms with E-state index < -0.39 is 5.97 Å². The van der Waals surface area contributed by atoms with Crippen molar-refractivity contribution in [3.63, 3.8) is 0 Å². The fraction of sp³-hybridized carbons (Fsp3) is 0.500. The van der Waals surface area contributed by atoms with E-state index in [-0.39, 0.29) is 24.4 Å². The summed E-state index contributed by atoms with van der Waals surface area (Å²) in [5.74, 6) is -0.511. The number of benzene rings is 2. The molecule has 11 heteroatoms. The molecular formula is C32H38I2N2O7. The Bertz CT molecular complexity index is 1390. The normalized spacial score (nSPS) is 15.7. The van der Waals surface area contributed by atoms with Gasteiger partial charge in [-0.1, -0.05) is 6.07 Å². The molecular weight excluding hydrogens is 778 g/mol. The molecule has 0 saturated carbocycles. The first-order valence-corrected chi connectivity index (χ1v) is 17.0. The number of aryl methyl sites for hydroxylation is 1. The molecule has 0 atom stereocenters. The quantitative estimate of drug-likeness (QED) is 0.378. The summed E-state index contributed by atoms with van der Waals surface area (Å²) in [4.78, 5) is 50.2. The summed E-state index contributed by atoms with van der Waals surface area (Å²) < 4.78 is 12.5. The molecule has 2 heterocycles. The van der Waals surface area contributed by atoms with E-state index in [4.69, 9.17) is 14.6 Å². The number of nitrogens with zero attached hydrogens (tertiary/aromatic N) is 2. The molecule has 2 aromatic rings. The van der Waals surface area contributed by atoms with Gasteiger partial charge >= 0.3 is 18.2 Å². The van der Waals surface area contributed by atoms with Crippen LogP contribution in [-0.2, 0) is 52.8 Å². The zero-order valence-corrected chi connectivity index (χ0v) is 29.0.